The molecule has 2 atom stereocenters. The van der Waals surface area contributed by atoms with E-state index >= 15 is 0 Å². The summed E-state index contributed by atoms with van der Waals surface area (Å²) in [5.74, 6) is -5.58. The van der Waals surface area contributed by atoms with E-state index in [0.29, 0.717) is 0 Å². The highest BCUT2D eigenvalue weighted by Gasteiger charge is 2.45. The normalized spacial score (nSPS) is 15.3. The van der Waals surface area contributed by atoms with Crippen molar-refractivity contribution in [3.63, 3.8) is 0 Å². The van der Waals surface area contributed by atoms with E-state index in [1.807, 2.05) is 0 Å². The summed E-state index contributed by atoms with van der Waals surface area (Å²) in [6.45, 7) is 2.34. The Labute approximate surface area is 102 Å². The standard InChI is InChI=1S/C10H16F3NO4/c1-5(2)7(9(17)18-3)14-4-6(8(15)16)10(11,12)13/h5-7,14H,4H2,1-3H3,(H,15,16). The van der Waals surface area contributed by atoms with Crippen molar-refractivity contribution in [2.24, 2.45) is 11.8 Å². The minimum Gasteiger partial charge on any atom is -0.481 e. The molecule has 0 aromatic heterocycles. The number of carbonyl (C=O) groups excluding carboxylic acids is 1. The molecule has 0 aromatic rings. The molecule has 0 saturated heterocycles. The number of carboxylic acid groups (broad SMARTS) is 1. The molecule has 2 unspecified atom stereocenters. The highest BCUT2D eigenvalue weighted by molar-refractivity contribution is 5.76. The SMILES string of the molecule is COC(=O)C(NCC(C(=O)O)C(F)(F)F)C(C)C. The van der Waals surface area contributed by atoms with Gasteiger partial charge in [0.1, 0.15) is 6.04 Å². The monoisotopic (exact) mass is 271 g/mol. The zero-order valence-electron chi connectivity index (χ0n) is 10.2. The second-order valence-corrected chi connectivity index (χ2v) is 4.09. The molecule has 0 rings (SSSR count). The average Bonchev–Trinajstić information content (AvgIpc) is 2.20. The molecule has 0 amide bonds. The van der Waals surface area contributed by atoms with Crippen molar-refractivity contribution in [3.05, 3.63) is 0 Å². The fourth-order valence-corrected chi connectivity index (χ4v) is 1.31. The molecule has 0 spiro atoms. The number of nitrogens with one attached hydrogen (secondary N) is 1. The van der Waals surface area contributed by atoms with Crippen molar-refractivity contribution < 1.29 is 32.6 Å². The number of halogens is 3. The van der Waals surface area contributed by atoms with Gasteiger partial charge in [-0.25, -0.2) is 0 Å². The molecule has 5 nitrogen and oxygen atoms in total. The van der Waals surface area contributed by atoms with Gasteiger partial charge in [-0.05, 0) is 5.92 Å². The van der Waals surface area contributed by atoms with Crippen molar-refractivity contribution in [1.82, 2.24) is 5.32 Å². The van der Waals surface area contributed by atoms with Crippen molar-refractivity contribution in [3.8, 4) is 0 Å². The maximum atomic E-state index is 12.4. The zero-order valence-corrected chi connectivity index (χ0v) is 10.2. The van der Waals surface area contributed by atoms with Gasteiger partial charge in [0, 0.05) is 6.54 Å². The number of hydrogen-bond donors (Lipinski definition) is 2. The van der Waals surface area contributed by atoms with Crippen LogP contribution in [0.2, 0.25) is 0 Å². The molecule has 0 bridgehead atoms. The quantitative estimate of drug-likeness (QED) is 0.706. The molecule has 18 heavy (non-hydrogen) atoms. The molecule has 0 aliphatic heterocycles. The predicted octanol–water partition coefficient (Wildman–Crippen LogP) is 1.04. The van der Waals surface area contributed by atoms with Crippen LogP contribution in [0, 0.1) is 11.8 Å². The van der Waals surface area contributed by atoms with E-state index in [1.165, 1.54) is 0 Å². The van der Waals surface area contributed by atoms with Crippen molar-refractivity contribution in [2.75, 3.05) is 13.7 Å². The summed E-state index contributed by atoms with van der Waals surface area (Å²) in [5.41, 5.74) is 0. The lowest BCUT2D eigenvalue weighted by Gasteiger charge is -2.23. The van der Waals surface area contributed by atoms with E-state index in [1.54, 1.807) is 13.8 Å². The summed E-state index contributed by atoms with van der Waals surface area (Å²) < 4.78 is 41.5. The molecular weight excluding hydrogens is 255 g/mol. The molecule has 0 aromatic carbocycles. The van der Waals surface area contributed by atoms with Crippen LogP contribution in [0.1, 0.15) is 13.8 Å². The van der Waals surface area contributed by atoms with Crippen LogP contribution in [0.15, 0.2) is 0 Å². The number of hydrogen-bond acceptors (Lipinski definition) is 4. The number of aliphatic carboxylic acids is 1. The Bertz CT molecular complexity index is 304. The van der Waals surface area contributed by atoms with Crippen LogP contribution in [0.4, 0.5) is 13.2 Å². The lowest BCUT2D eigenvalue weighted by molar-refractivity contribution is -0.193. The van der Waals surface area contributed by atoms with Gasteiger partial charge in [0.2, 0.25) is 0 Å². The largest absolute Gasteiger partial charge is 0.481 e. The number of methoxy groups -OCH3 is 1. The highest BCUT2D eigenvalue weighted by Crippen LogP contribution is 2.26. The minimum atomic E-state index is -4.86. The van der Waals surface area contributed by atoms with Crippen LogP contribution >= 0.6 is 0 Å². The second-order valence-electron chi connectivity index (χ2n) is 4.09. The average molecular weight is 271 g/mol. The van der Waals surface area contributed by atoms with Gasteiger partial charge in [0.25, 0.3) is 0 Å². The summed E-state index contributed by atoms with van der Waals surface area (Å²) in [5, 5.41) is 10.8. The summed E-state index contributed by atoms with van der Waals surface area (Å²) in [6, 6.07) is -0.973. The van der Waals surface area contributed by atoms with Crippen LogP contribution in [0.25, 0.3) is 0 Å². The van der Waals surface area contributed by atoms with Crippen molar-refractivity contribution >= 4 is 11.9 Å². The van der Waals surface area contributed by atoms with Crippen LogP contribution in [-0.2, 0) is 14.3 Å². The summed E-state index contributed by atoms with van der Waals surface area (Å²) in [6.07, 6.45) is -4.86. The number of esters is 1. The topological polar surface area (TPSA) is 75.6 Å². The number of ether oxygens (including phenoxy) is 1. The third-order valence-corrected chi connectivity index (χ3v) is 2.36. The van der Waals surface area contributed by atoms with Gasteiger partial charge < -0.3 is 15.2 Å². The van der Waals surface area contributed by atoms with E-state index in [4.69, 9.17) is 5.11 Å². The molecule has 0 radical (unpaired) electrons. The highest BCUT2D eigenvalue weighted by atomic mass is 19.4. The van der Waals surface area contributed by atoms with E-state index < -0.39 is 36.6 Å². The first-order valence-electron chi connectivity index (χ1n) is 5.22. The zero-order chi connectivity index (χ0) is 14.5. The molecular formula is C10H16F3NO4. The maximum absolute atomic E-state index is 12.4. The smallest absolute Gasteiger partial charge is 0.403 e. The Kier molecular flexibility index (Phi) is 6.10. The van der Waals surface area contributed by atoms with Crippen LogP contribution in [0.3, 0.4) is 0 Å². The number of rotatable bonds is 6. The van der Waals surface area contributed by atoms with Gasteiger partial charge in [0.15, 0.2) is 5.92 Å². The first-order chi connectivity index (χ1) is 8.11. The molecule has 0 fully saturated rings. The first kappa shape index (κ1) is 16.7. The minimum absolute atomic E-state index is 0.319. The van der Waals surface area contributed by atoms with Gasteiger partial charge in [-0.3, -0.25) is 9.59 Å². The van der Waals surface area contributed by atoms with Gasteiger partial charge in [-0.1, -0.05) is 13.8 Å². The van der Waals surface area contributed by atoms with Crippen LogP contribution in [-0.4, -0.2) is 42.9 Å². The lowest BCUT2D eigenvalue weighted by Crippen LogP contribution is -2.48. The van der Waals surface area contributed by atoms with E-state index in [2.05, 4.69) is 10.1 Å². The van der Waals surface area contributed by atoms with Gasteiger partial charge in [-0.2, -0.15) is 13.2 Å². The Balaban J connectivity index is 4.68. The molecule has 0 heterocycles. The summed E-state index contributed by atoms with van der Waals surface area (Å²) in [7, 11) is 1.11. The molecule has 106 valence electrons. The van der Waals surface area contributed by atoms with Crippen molar-refractivity contribution in [2.45, 2.75) is 26.1 Å². The number of alkyl halides is 3. The van der Waals surface area contributed by atoms with Crippen LogP contribution < -0.4 is 5.32 Å². The Hall–Kier alpha value is -1.31. The molecule has 8 heteroatoms. The molecule has 0 aliphatic carbocycles. The third kappa shape index (κ3) is 4.91. The Morgan fingerprint density at radius 1 is 1.33 bits per heavy atom. The molecule has 0 aliphatic rings. The van der Waals surface area contributed by atoms with Gasteiger partial charge in [0.05, 0.1) is 7.11 Å². The fraction of sp³-hybridized carbons (Fsp3) is 0.800. The lowest BCUT2D eigenvalue weighted by atomic mass is 10.0. The Morgan fingerprint density at radius 2 is 1.83 bits per heavy atom. The van der Waals surface area contributed by atoms with E-state index in [9.17, 15) is 22.8 Å². The second kappa shape index (κ2) is 6.58. The van der Waals surface area contributed by atoms with E-state index in [0.717, 1.165) is 7.11 Å². The van der Waals surface area contributed by atoms with E-state index in [-0.39, 0.29) is 5.92 Å². The first-order valence-corrected chi connectivity index (χ1v) is 5.22. The van der Waals surface area contributed by atoms with Gasteiger partial charge in [-0.15, -0.1) is 0 Å². The fourth-order valence-electron chi connectivity index (χ4n) is 1.31. The molecule has 2 N–H and O–H groups in total. The summed E-state index contributed by atoms with van der Waals surface area (Å²) in [4.78, 5) is 21.8. The van der Waals surface area contributed by atoms with Crippen LogP contribution in [0.5, 0.6) is 0 Å². The number of carbonyl (C=O) groups is 2. The maximum Gasteiger partial charge on any atom is 0.403 e. The third-order valence-electron chi connectivity index (χ3n) is 2.36. The van der Waals surface area contributed by atoms with Gasteiger partial charge >= 0.3 is 18.1 Å². The Morgan fingerprint density at radius 3 is 2.11 bits per heavy atom. The predicted molar refractivity (Wildman–Crippen MR) is 55.8 cm³/mol. The number of carboxylic acids is 1. The molecule has 0 saturated carbocycles. The van der Waals surface area contributed by atoms with Crippen molar-refractivity contribution in [1.29, 1.82) is 0 Å². The summed E-state index contributed by atoms with van der Waals surface area (Å²) >= 11 is 0.